The van der Waals surface area contributed by atoms with E-state index < -0.39 is 16.8 Å². The smallest absolute Gasteiger partial charge is 0.332 e. The summed E-state index contributed by atoms with van der Waals surface area (Å²) in [5, 5.41) is 0.109. The van der Waals surface area contributed by atoms with Crippen LogP contribution in [-0.2, 0) is 21.1 Å². The van der Waals surface area contributed by atoms with Crippen LogP contribution >= 0.6 is 0 Å². The van der Waals surface area contributed by atoms with Gasteiger partial charge in [-0.1, -0.05) is 0 Å². The molecule has 8 heteroatoms. The van der Waals surface area contributed by atoms with Gasteiger partial charge in [0.2, 0.25) is 0 Å². The zero-order valence-electron chi connectivity index (χ0n) is 14.0. The van der Waals surface area contributed by atoms with Gasteiger partial charge in [-0.05, 0) is 19.3 Å². The van der Waals surface area contributed by atoms with Crippen molar-refractivity contribution in [3.05, 3.63) is 42.8 Å². The molecule has 1 saturated heterocycles. The number of rotatable bonds is 1. The van der Waals surface area contributed by atoms with E-state index in [0.717, 1.165) is 23.8 Å². The average molecular weight is 332 g/mol. The van der Waals surface area contributed by atoms with Crippen LogP contribution in [0.4, 0.5) is 0 Å². The Morgan fingerprint density at radius 1 is 0.917 bits per heavy atom. The predicted octanol–water partition coefficient (Wildman–Crippen LogP) is -0.438. The molecular formula is C16H20N4O4. The lowest BCUT2D eigenvalue weighted by Crippen LogP contribution is -2.42. The lowest BCUT2D eigenvalue weighted by molar-refractivity contribution is 0.0726. The molecule has 3 rings (SSSR count). The third-order valence-electron chi connectivity index (χ3n) is 4.69. The van der Waals surface area contributed by atoms with E-state index in [1.54, 1.807) is 4.90 Å². The number of piperidine rings is 1. The molecule has 128 valence electrons. The molecule has 3 heterocycles. The van der Waals surface area contributed by atoms with Crippen LogP contribution in [0.3, 0.4) is 0 Å². The fourth-order valence-corrected chi connectivity index (χ4v) is 3.29. The first-order valence-corrected chi connectivity index (χ1v) is 7.93. The molecule has 0 aromatic carbocycles. The van der Waals surface area contributed by atoms with Gasteiger partial charge in [0.1, 0.15) is 5.65 Å². The minimum absolute atomic E-state index is 0.0752. The maximum absolute atomic E-state index is 12.9. The van der Waals surface area contributed by atoms with Gasteiger partial charge in [-0.25, -0.2) is 4.79 Å². The van der Waals surface area contributed by atoms with Gasteiger partial charge in [0.25, 0.3) is 17.0 Å². The summed E-state index contributed by atoms with van der Waals surface area (Å²) in [5.74, 6) is -0.326. The summed E-state index contributed by atoms with van der Waals surface area (Å²) in [5.41, 5.74) is -1.29. The number of pyridine rings is 1. The molecule has 1 aliphatic rings. The van der Waals surface area contributed by atoms with E-state index in [1.165, 1.54) is 36.3 Å². The SMILES string of the molecule is Cn1c(=O)c2c(C(=O)N3CCCCC3)cc(=O)n(C)c2n(C)c1=O. The zero-order valence-corrected chi connectivity index (χ0v) is 14.0. The van der Waals surface area contributed by atoms with Gasteiger partial charge in [-0.3, -0.25) is 28.1 Å². The molecule has 0 unspecified atom stereocenters. The van der Waals surface area contributed by atoms with Gasteiger partial charge in [-0.15, -0.1) is 0 Å². The van der Waals surface area contributed by atoms with Gasteiger partial charge in [0, 0.05) is 40.3 Å². The molecular weight excluding hydrogens is 312 g/mol. The van der Waals surface area contributed by atoms with E-state index in [2.05, 4.69) is 0 Å². The molecule has 0 radical (unpaired) electrons. The molecule has 1 fully saturated rings. The number of carbonyl (C=O) groups excluding carboxylic acids is 1. The van der Waals surface area contributed by atoms with E-state index in [-0.39, 0.29) is 22.5 Å². The van der Waals surface area contributed by atoms with Gasteiger partial charge >= 0.3 is 5.69 Å². The van der Waals surface area contributed by atoms with Gasteiger partial charge in [-0.2, -0.15) is 0 Å². The van der Waals surface area contributed by atoms with Gasteiger partial charge in [0.05, 0.1) is 10.9 Å². The second kappa shape index (κ2) is 5.77. The van der Waals surface area contributed by atoms with Crippen molar-refractivity contribution in [2.24, 2.45) is 21.1 Å². The quantitative estimate of drug-likeness (QED) is 0.709. The van der Waals surface area contributed by atoms with Crippen molar-refractivity contribution in [3.63, 3.8) is 0 Å². The molecule has 0 atom stereocenters. The van der Waals surface area contributed by atoms with Crippen LogP contribution in [0, 0.1) is 0 Å². The van der Waals surface area contributed by atoms with Crippen molar-refractivity contribution >= 4 is 16.9 Å². The Labute approximate surface area is 137 Å². The second-order valence-corrected chi connectivity index (χ2v) is 6.21. The van der Waals surface area contributed by atoms with Crippen LogP contribution in [0.1, 0.15) is 29.6 Å². The monoisotopic (exact) mass is 332 g/mol. The summed E-state index contributed by atoms with van der Waals surface area (Å²) in [6, 6.07) is 1.20. The maximum atomic E-state index is 12.9. The van der Waals surface area contributed by atoms with Crippen molar-refractivity contribution in [2.45, 2.75) is 19.3 Å². The van der Waals surface area contributed by atoms with Crippen LogP contribution in [0.25, 0.3) is 11.0 Å². The minimum Gasteiger partial charge on any atom is -0.339 e. The highest BCUT2D eigenvalue weighted by Gasteiger charge is 2.25. The van der Waals surface area contributed by atoms with Gasteiger partial charge in [0.15, 0.2) is 0 Å². The van der Waals surface area contributed by atoms with E-state index in [0.29, 0.717) is 13.1 Å². The molecule has 0 aliphatic carbocycles. The fourth-order valence-electron chi connectivity index (χ4n) is 3.29. The van der Waals surface area contributed by atoms with E-state index in [1.807, 2.05) is 0 Å². The van der Waals surface area contributed by atoms with Crippen LogP contribution < -0.4 is 16.8 Å². The number of likely N-dealkylation sites (tertiary alicyclic amines) is 1. The Balaban J connectivity index is 2.39. The molecule has 24 heavy (non-hydrogen) atoms. The summed E-state index contributed by atoms with van der Waals surface area (Å²) in [6.07, 6.45) is 2.88. The first-order chi connectivity index (χ1) is 11.3. The van der Waals surface area contributed by atoms with Crippen molar-refractivity contribution < 1.29 is 4.79 Å². The summed E-state index contributed by atoms with van der Waals surface area (Å²) >= 11 is 0. The molecule has 1 amide bonds. The molecule has 0 spiro atoms. The Kier molecular flexibility index (Phi) is 3.90. The lowest BCUT2D eigenvalue weighted by Gasteiger charge is -2.27. The van der Waals surface area contributed by atoms with Crippen LogP contribution in [0.2, 0.25) is 0 Å². The van der Waals surface area contributed by atoms with E-state index >= 15 is 0 Å². The number of carbonyl (C=O) groups is 1. The number of aromatic nitrogens is 3. The molecule has 0 saturated carbocycles. The van der Waals surface area contributed by atoms with Crippen molar-refractivity contribution in [3.8, 4) is 0 Å². The average Bonchev–Trinajstić information content (AvgIpc) is 2.60. The number of amides is 1. The topological polar surface area (TPSA) is 86.3 Å². The minimum atomic E-state index is -0.566. The molecule has 0 N–H and O–H groups in total. The van der Waals surface area contributed by atoms with Crippen molar-refractivity contribution in [1.29, 1.82) is 0 Å². The molecule has 2 aromatic heterocycles. The normalized spacial score (nSPS) is 15.0. The zero-order chi connectivity index (χ0) is 17.6. The number of nitrogens with zero attached hydrogens (tertiary/aromatic N) is 4. The highest BCUT2D eigenvalue weighted by molar-refractivity contribution is 6.05. The maximum Gasteiger partial charge on any atom is 0.332 e. The summed E-state index contributed by atoms with van der Waals surface area (Å²) in [4.78, 5) is 51.6. The largest absolute Gasteiger partial charge is 0.339 e. The fraction of sp³-hybridized carbons (Fsp3) is 0.500. The second-order valence-electron chi connectivity index (χ2n) is 6.21. The Morgan fingerprint density at radius 2 is 1.54 bits per heavy atom. The number of aryl methyl sites for hydroxylation is 2. The Bertz CT molecular complexity index is 1010. The highest BCUT2D eigenvalue weighted by atomic mass is 16.2. The van der Waals surface area contributed by atoms with Crippen molar-refractivity contribution in [1.82, 2.24) is 18.6 Å². The summed E-state index contributed by atoms with van der Waals surface area (Å²) in [7, 11) is 4.34. The third-order valence-corrected chi connectivity index (χ3v) is 4.69. The standard InChI is InChI=1S/C16H20N4O4/c1-17-11(21)9-10(14(22)20-7-5-4-6-8-20)12-13(17)18(2)16(24)19(3)15(12)23/h9H,4-8H2,1-3H3. The first kappa shape index (κ1) is 16.2. The van der Waals surface area contributed by atoms with Crippen LogP contribution in [-0.4, -0.2) is 37.6 Å². The van der Waals surface area contributed by atoms with Crippen LogP contribution in [0.5, 0.6) is 0 Å². The van der Waals surface area contributed by atoms with E-state index in [4.69, 9.17) is 0 Å². The lowest BCUT2D eigenvalue weighted by atomic mass is 10.1. The summed E-state index contributed by atoms with van der Waals surface area (Å²) < 4.78 is 3.41. The summed E-state index contributed by atoms with van der Waals surface area (Å²) in [6.45, 7) is 1.23. The predicted molar refractivity (Wildman–Crippen MR) is 89.4 cm³/mol. The Hall–Kier alpha value is -2.64. The molecule has 1 aliphatic heterocycles. The molecule has 8 nitrogen and oxygen atoms in total. The highest BCUT2D eigenvalue weighted by Crippen LogP contribution is 2.17. The Morgan fingerprint density at radius 3 is 2.17 bits per heavy atom. The number of fused-ring (bicyclic) bond motifs is 1. The molecule has 2 aromatic rings. The van der Waals surface area contributed by atoms with Crippen LogP contribution in [0.15, 0.2) is 20.4 Å². The number of hydrogen-bond donors (Lipinski definition) is 0. The van der Waals surface area contributed by atoms with Crippen molar-refractivity contribution in [2.75, 3.05) is 13.1 Å². The van der Waals surface area contributed by atoms with E-state index in [9.17, 15) is 19.2 Å². The first-order valence-electron chi connectivity index (χ1n) is 7.93. The van der Waals surface area contributed by atoms with Gasteiger partial charge < -0.3 is 4.90 Å². The molecule has 0 bridgehead atoms. The number of hydrogen-bond acceptors (Lipinski definition) is 4. The third kappa shape index (κ3) is 2.29.